The van der Waals surface area contributed by atoms with E-state index in [1.165, 1.54) is 16.9 Å². The van der Waals surface area contributed by atoms with Gasteiger partial charge in [0.1, 0.15) is 0 Å². The first-order valence-electron chi connectivity index (χ1n) is 13.2. The number of ketones is 1. The number of imidazole rings is 1. The molecule has 0 bridgehead atoms. The number of Topliss-reactive ketones (excluding diaryl/α,β-unsaturated/α-hetero) is 1. The van der Waals surface area contributed by atoms with Crippen molar-refractivity contribution in [2.45, 2.75) is 46.6 Å². The van der Waals surface area contributed by atoms with Gasteiger partial charge in [-0.3, -0.25) is 14.0 Å². The molecule has 1 atom stereocenters. The molecule has 0 spiro atoms. The smallest absolute Gasteiger partial charge is 0.290 e. The summed E-state index contributed by atoms with van der Waals surface area (Å²) in [7, 11) is 0. The fraction of sp³-hybridized carbons (Fsp3) is 0.367. The number of fused-ring (bicyclic) bond motifs is 3. The van der Waals surface area contributed by atoms with E-state index in [1.807, 2.05) is 59.9 Å². The van der Waals surface area contributed by atoms with Gasteiger partial charge in [-0.15, -0.1) is 0 Å². The molecule has 38 heavy (non-hydrogen) atoms. The summed E-state index contributed by atoms with van der Waals surface area (Å²) in [6, 6.07) is 15.2. The maximum Gasteiger partial charge on any atom is 0.290 e. The lowest BCUT2D eigenvalue weighted by Crippen LogP contribution is -2.38. The molecule has 0 saturated heterocycles. The Labute approximate surface area is 227 Å². The van der Waals surface area contributed by atoms with Crippen molar-refractivity contribution >= 4 is 39.0 Å². The first-order chi connectivity index (χ1) is 18.3. The van der Waals surface area contributed by atoms with Gasteiger partial charge in [0.2, 0.25) is 5.78 Å². The van der Waals surface area contributed by atoms with Crippen molar-refractivity contribution in [2.24, 2.45) is 0 Å². The molecular formula is C30H34N4O3S. The second-order valence-corrected chi connectivity index (χ2v) is 11.1. The largest absolute Gasteiger partial charge is 0.503 e. The number of likely N-dealkylation sites (N-methyl/N-ethyl adjacent to an activating group) is 1. The molecule has 7 nitrogen and oxygen atoms in total. The molecule has 5 rings (SSSR count). The van der Waals surface area contributed by atoms with Crippen LogP contribution in [0.4, 0.5) is 0 Å². The Morgan fingerprint density at radius 2 is 1.79 bits per heavy atom. The highest BCUT2D eigenvalue weighted by Gasteiger charge is 2.44. The van der Waals surface area contributed by atoms with Crippen LogP contribution in [-0.2, 0) is 4.79 Å². The predicted octanol–water partition coefficient (Wildman–Crippen LogP) is 5.90. The van der Waals surface area contributed by atoms with Crippen LogP contribution in [0.25, 0.3) is 16.0 Å². The molecule has 0 fully saturated rings. The van der Waals surface area contributed by atoms with Crippen molar-refractivity contribution < 1.29 is 14.7 Å². The normalized spacial score (nSPS) is 16.2. The van der Waals surface area contributed by atoms with Gasteiger partial charge in [0.15, 0.2) is 10.7 Å². The van der Waals surface area contributed by atoms with Gasteiger partial charge >= 0.3 is 0 Å². The second-order valence-electron chi connectivity index (χ2n) is 10.1. The molecule has 4 aromatic rings. The number of benzene rings is 2. The molecule has 198 valence electrons. The fourth-order valence-corrected chi connectivity index (χ4v) is 6.41. The number of hydrogen-bond acceptors (Lipinski definition) is 6. The number of aliphatic hydroxyl groups excluding tert-OH is 1. The minimum Gasteiger partial charge on any atom is -0.503 e. The molecule has 1 amide bonds. The van der Waals surface area contributed by atoms with Crippen molar-refractivity contribution in [2.75, 3.05) is 26.2 Å². The average Bonchev–Trinajstić information content (AvgIpc) is 3.53. The van der Waals surface area contributed by atoms with Crippen molar-refractivity contribution in [3.63, 3.8) is 0 Å². The van der Waals surface area contributed by atoms with Gasteiger partial charge in [-0.05, 0) is 49.2 Å². The van der Waals surface area contributed by atoms with E-state index in [1.54, 1.807) is 4.90 Å². The van der Waals surface area contributed by atoms with Crippen LogP contribution in [0.2, 0.25) is 0 Å². The zero-order valence-corrected chi connectivity index (χ0v) is 23.4. The van der Waals surface area contributed by atoms with Crippen LogP contribution in [0.3, 0.4) is 0 Å². The number of rotatable bonds is 9. The predicted molar refractivity (Wildman–Crippen MR) is 152 cm³/mol. The third-order valence-electron chi connectivity index (χ3n) is 7.61. The zero-order chi connectivity index (χ0) is 27.1. The number of carbonyl (C=O) groups is 2. The summed E-state index contributed by atoms with van der Waals surface area (Å²) in [5.41, 5.74) is 4.69. The lowest BCUT2D eigenvalue weighted by Gasteiger charge is -2.29. The van der Waals surface area contributed by atoms with Gasteiger partial charge < -0.3 is 14.9 Å². The molecule has 1 aliphatic heterocycles. The summed E-state index contributed by atoms with van der Waals surface area (Å²) in [5, 5.41) is 11.1. The number of nitrogens with zero attached hydrogens (tertiary/aromatic N) is 4. The van der Waals surface area contributed by atoms with E-state index in [-0.39, 0.29) is 11.4 Å². The number of carbonyl (C=O) groups excluding carboxylic acids is 2. The maximum absolute atomic E-state index is 14.1. The monoisotopic (exact) mass is 530 g/mol. The second kappa shape index (κ2) is 10.3. The molecule has 3 heterocycles. The number of aromatic nitrogens is 2. The van der Waals surface area contributed by atoms with Crippen LogP contribution in [0, 0.1) is 6.92 Å². The summed E-state index contributed by atoms with van der Waals surface area (Å²) < 4.78 is 1.98. The molecule has 2 aromatic carbocycles. The van der Waals surface area contributed by atoms with Crippen LogP contribution in [0.1, 0.15) is 66.1 Å². The van der Waals surface area contributed by atoms with E-state index in [4.69, 9.17) is 4.98 Å². The minimum atomic E-state index is -0.655. The maximum atomic E-state index is 14.1. The van der Waals surface area contributed by atoms with E-state index < -0.39 is 17.7 Å². The lowest BCUT2D eigenvalue weighted by molar-refractivity contribution is -0.129. The number of thiazole rings is 1. The molecule has 2 aromatic heterocycles. The Kier molecular flexibility index (Phi) is 7.11. The van der Waals surface area contributed by atoms with Gasteiger partial charge in [0.25, 0.3) is 5.91 Å². The third-order valence-corrected chi connectivity index (χ3v) is 8.75. The van der Waals surface area contributed by atoms with Crippen molar-refractivity contribution in [3.8, 4) is 0 Å². The highest BCUT2D eigenvalue weighted by Crippen LogP contribution is 2.41. The van der Waals surface area contributed by atoms with Gasteiger partial charge in [-0.25, -0.2) is 4.98 Å². The molecule has 1 unspecified atom stereocenters. The SMILES string of the molecule is CCN(CC)CCN1C(=O)C(O)=C(C(=O)c2sc3nc4ccccc4n3c2C)C1c1ccc(C(C)C)cc1. The van der Waals surface area contributed by atoms with Crippen LogP contribution in [0.15, 0.2) is 59.9 Å². The number of amides is 1. The summed E-state index contributed by atoms with van der Waals surface area (Å²) in [5.74, 6) is -0.917. The first-order valence-corrected chi connectivity index (χ1v) is 14.1. The minimum absolute atomic E-state index is 0.142. The number of para-hydroxylation sites is 2. The summed E-state index contributed by atoms with van der Waals surface area (Å²) in [4.78, 5) is 37.3. The topological polar surface area (TPSA) is 78.2 Å². The summed E-state index contributed by atoms with van der Waals surface area (Å²) in [6.07, 6.45) is 0. The van der Waals surface area contributed by atoms with Gasteiger partial charge in [-0.1, -0.05) is 75.4 Å². The standard InChI is InChI=1S/C30H34N4O3S/c1-6-32(7-2)16-17-33-25(21-14-12-20(13-15-21)18(3)4)24(27(36)29(33)37)26(35)28-19(5)34-23-11-9-8-10-22(23)31-30(34)38-28/h8-15,18,25,36H,6-7,16-17H2,1-5H3. The van der Waals surface area contributed by atoms with E-state index in [0.717, 1.165) is 35.4 Å². The van der Waals surface area contributed by atoms with E-state index in [9.17, 15) is 14.7 Å². The third kappa shape index (κ3) is 4.31. The van der Waals surface area contributed by atoms with Gasteiger partial charge in [0, 0.05) is 18.8 Å². The zero-order valence-electron chi connectivity index (χ0n) is 22.6. The average molecular weight is 531 g/mol. The van der Waals surface area contributed by atoms with E-state index >= 15 is 0 Å². The Morgan fingerprint density at radius 1 is 1.11 bits per heavy atom. The number of aryl methyl sites for hydroxylation is 1. The van der Waals surface area contributed by atoms with Crippen LogP contribution in [-0.4, -0.2) is 62.2 Å². The van der Waals surface area contributed by atoms with Crippen LogP contribution >= 0.6 is 11.3 Å². The molecule has 1 aliphatic rings. The molecule has 0 aliphatic carbocycles. The van der Waals surface area contributed by atoms with Crippen LogP contribution < -0.4 is 0 Å². The quantitative estimate of drug-likeness (QED) is 0.273. The van der Waals surface area contributed by atoms with Gasteiger partial charge in [0.05, 0.1) is 27.5 Å². The van der Waals surface area contributed by atoms with Crippen molar-refractivity contribution in [3.05, 3.63) is 81.6 Å². The Bertz CT molecular complexity index is 1540. The summed E-state index contributed by atoms with van der Waals surface area (Å²) >= 11 is 1.30. The molecule has 1 N–H and O–H groups in total. The Hall–Kier alpha value is -3.49. The molecule has 0 saturated carbocycles. The van der Waals surface area contributed by atoms with E-state index in [2.05, 4.69) is 32.6 Å². The first kappa shape index (κ1) is 26.1. The molecule has 8 heteroatoms. The highest BCUT2D eigenvalue weighted by atomic mass is 32.1. The van der Waals surface area contributed by atoms with Crippen LogP contribution in [0.5, 0.6) is 0 Å². The summed E-state index contributed by atoms with van der Waals surface area (Å²) in [6.45, 7) is 13.1. The Balaban J connectivity index is 1.59. The van der Waals surface area contributed by atoms with E-state index in [0.29, 0.717) is 28.8 Å². The highest BCUT2D eigenvalue weighted by molar-refractivity contribution is 7.19. The van der Waals surface area contributed by atoms with Crippen molar-refractivity contribution in [1.82, 2.24) is 19.2 Å². The van der Waals surface area contributed by atoms with Gasteiger partial charge in [-0.2, -0.15) is 0 Å². The molecule has 0 radical (unpaired) electrons. The Morgan fingerprint density at radius 3 is 2.45 bits per heavy atom. The number of aliphatic hydroxyl groups is 1. The molecular weight excluding hydrogens is 496 g/mol. The lowest BCUT2D eigenvalue weighted by atomic mass is 9.93. The number of hydrogen-bond donors (Lipinski definition) is 1. The van der Waals surface area contributed by atoms with Crippen molar-refractivity contribution in [1.29, 1.82) is 0 Å². The fourth-order valence-electron chi connectivity index (χ4n) is 5.31.